The maximum Gasteiger partial charge on any atom is 0.252 e. The van der Waals surface area contributed by atoms with Crippen LogP contribution < -0.4 is 14.8 Å². The number of hydrogen-bond acceptors (Lipinski definition) is 8. The number of amides is 1. The molecule has 0 aliphatic carbocycles. The molecule has 0 saturated heterocycles. The van der Waals surface area contributed by atoms with Gasteiger partial charge >= 0.3 is 0 Å². The van der Waals surface area contributed by atoms with E-state index < -0.39 is 0 Å². The van der Waals surface area contributed by atoms with E-state index in [9.17, 15) is 4.79 Å². The fourth-order valence-electron chi connectivity index (χ4n) is 3.13. The Kier molecular flexibility index (Phi) is 4.97. The third-order valence-electron chi connectivity index (χ3n) is 4.53. The van der Waals surface area contributed by atoms with Crippen LogP contribution in [0.4, 0.5) is 0 Å². The van der Waals surface area contributed by atoms with Crippen molar-refractivity contribution in [3.63, 3.8) is 0 Å². The monoisotopic (exact) mass is 436 g/mol. The van der Waals surface area contributed by atoms with E-state index >= 15 is 0 Å². The highest BCUT2D eigenvalue weighted by Crippen LogP contribution is 2.33. The lowest BCUT2D eigenvalue weighted by molar-refractivity contribution is 0.0952. The van der Waals surface area contributed by atoms with Crippen molar-refractivity contribution in [2.75, 3.05) is 6.79 Å². The van der Waals surface area contributed by atoms with E-state index in [1.807, 2.05) is 49.4 Å². The van der Waals surface area contributed by atoms with Gasteiger partial charge in [0, 0.05) is 11.9 Å². The molecule has 2 aromatic heterocycles. The molecule has 0 spiro atoms. The molecule has 4 aromatic rings. The summed E-state index contributed by atoms with van der Waals surface area (Å²) in [4.78, 5) is 17.7. The summed E-state index contributed by atoms with van der Waals surface area (Å²) in [6.07, 6.45) is 0. The first-order valence-corrected chi connectivity index (χ1v) is 10.8. The van der Waals surface area contributed by atoms with E-state index in [0.29, 0.717) is 22.9 Å². The van der Waals surface area contributed by atoms with Gasteiger partial charge in [-0.2, -0.15) is 0 Å². The SMILES string of the molecule is Cc1nnc(Sc2cc(C(=O)NCc3ccc4c(c3)OCO4)c3ccccc3n2)s1. The first-order chi connectivity index (χ1) is 14.7. The van der Waals surface area contributed by atoms with Crippen LogP contribution in [0.25, 0.3) is 10.9 Å². The van der Waals surface area contributed by atoms with Gasteiger partial charge in [-0.05, 0) is 48.5 Å². The Balaban J connectivity index is 1.41. The largest absolute Gasteiger partial charge is 0.454 e. The van der Waals surface area contributed by atoms with Crippen molar-refractivity contribution in [2.24, 2.45) is 0 Å². The second kappa shape index (κ2) is 7.92. The summed E-state index contributed by atoms with van der Waals surface area (Å²) in [6, 6.07) is 15.1. The lowest BCUT2D eigenvalue weighted by atomic mass is 10.1. The summed E-state index contributed by atoms with van der Waals surface area (Å²) in [5, 5.41) is 13.6. The Bertz CT molecular complexity index is 1260. The molecule has 30 heavy (non-hydrogen) atoms. The molecule has 1 aliphatic heterocycles. The molecular weight excluding hydrogens is 420 g/mol. The third-order valence-corrected chi connectivity index (χ3v) is 6.33. The molecule has 7 nitrogen and oxygen atoms in total. The Morgan fingerprint density at radius 1 is 1.13 bits per heavy atom. The number of carbonyl (C=O) groups excluding carboxylic acids is 1. The van der Waals surface area contributed by atoms with Crippen LogP contribution in [0.1, 0.15) is 20.9 Å². The average Bonchev–Trinajstić information content (AvgIpc) is 3.39. The highest BCUT2D eigenvalue weighted by Gasteiger charge is 2.16. The molecule has 1 amide bonds. The molecule has 0 radical (unpaired) electrons. The predicted octanol–water partition coefficient (Wildman–Crippen LogP) is 4.20. The van der Waals surface area contributed by atoms with Crippen molar-refractivity contribution in [1.82, 2.24) is 20.5 Å². The van der Waals surface area contributed by atoms with Crippen molar-refractivity contribution < 1.29 is 14.3 Å². The van der Waals surface area contributed by atoms with Gasteiger partial charge in [0.25, 0.3) is 5.91 Å². The Morgan fingerprint density at radius 2 is 2.00 bits per heavy atom. The fraction of sp³-hybridized carbons (Fsp3) is 0.143. The summed E-state index contributed by atoms with van der Waals surface area (Å²) < 4.78 is 11.5. The number of fused-ring (bicyclic) bond motifs is 2. The molecule has 0 bridgehead atoms. The Labute approximate surface area is 180 Å². The number of para-hydroxylation sites is 1. The van der Waals surface area contributed by atoms with Crippen molar-refractivity contribution in [2.45, 2.75) is 22.8 Å². The number of nitrogens with one attached hydrogen (secondary N) is 1. The zero-order chi connectivity index (χ0) is 20.5. The van der Waals surface area contributed by atoms with Gasteiger partial charge < -0.3 is 14.8 Å². The molecule has 1 aliphatic rings. The van der Waals surface area contributed by atoms with Gasteiger partial charge in [-0.1, -0.05) is 35.6 Å². The van der Waals surface area contributed by atoms with Crippen LogP contribution in [-0.2, 0) is 6.54 Å². The number of aromatic nitrogens is 3. The molecule has 1 N–H and O–H groups in total. The molecule has 0 saturated carbocycles. The highest BCUT2D eigenvalue weighted by molar-refractivity contribution is 8.01. The first-order valence-electron chi connectivity index (χ1n) is 9.20. The number of hydrogen-bond donors (Lipinski definition) is 1. The van der Waals surface area contributed by atoms with Crippen LogP contribution >= 0.6 is 23.1 Å². The van der Waals surface area contributed by atoms with Crippen LogP contribution in [0, 0.1) is 6.92 Å². The number of benzene rings is 2. The molecule has 3 heterocycles. The van der Waals surface area contributed by atoms with Gasteiger partial charge in [0.2, 0.25) is 6.79 Å². The normalized spacial score (nSPS) is 12.3. The van der Waals surface area contributed by atoms with Crippen molar-refractivity contribution in [1.29, 1.82) is 0 Å². The van der Waals surface area contributed by atoms with Crippen LogP contribution in [0.5, 0.6) is 11.5 Å². The summed E-state index contributed by atoms with van der Waals surface area (Å²) >= 11 is 2.90. The number of rotatable bonds is 5. The van der Waals surface area contributed by atoms with Gasteiger partial charge in [-0.15, -0.1) is 10.2 Å². The summed E-state index contributed by atoms with van der Waals surface area (Å²) in [5.41, 5.74) is 2.27. The van der Waals surface area contributed by atoms with Gasteiger partial charge in [-0.25, -0.2) is 4.98 Å². The molecule has 0 fully saturated rings. The second-order valence-electron chi connectivity index (χ2n) is 6.58. The fourth-order valence-corrected chi connectivity index (χ4v) is 4.91. The molecule has 0 atom stereocenters. The lowest BCUT2D eigenvalue weighted by Crippen LogP contribution is -2.23. The second-order valence-corrected chi connectivity index (χ2v) is 9.03. The summed E-state index contributed by atoms with van der Waals surface area (Å²) in [5.74, 6) is 1.25. The molecular formula is C21H16N4O3S2. The van der Waals surface area contributed by atoms with Crippen LogP contribution in [0.15, 0.2) is 57.9 Å². The first kappa shape index (κ1) is 18.8. The number of aryl methyl sites for hydroxylation is 1. The average molecular weight is 437 g/mol. The minimum Gasteiger partial charge on any atom is -0.454 e. The van der Waals surface area contributed by atoms with Gasteiger partial charge in [0.05, 0.1) is 11.1 Å². The Hall–Kier alpha value is -3.17. The third kappa shape index (κ3) is 3.81. The van der Waals surface area contributed by atoms with Crippen LogP contribution in [0.3, 0.4) is 0 Å². The van der Waals surface area contributed by atoms with Crippen LogP contribution in [0.2, 0.25) is 0 Å². The van der Waals surface area contributed by atoms with Gasteiger partial charge in [0.15, 0.2) is 15.8 Å². The number of ether oxygens (including phenoxy) is 2. The topological polar surface area (TPSA) is 86.2 Å². The zero-order valence-electron chi connectivity index (χ0n) is 15.9. The molecule has 5 rings (SSSR count). The summed E-state index contributed by atoms with van der Waals surface area (Å²) in [6.45, 7) is 2.51. The maximum absolute atomic E-state index is 13.0. The molecule has 150 valence electrons. The quantitative estimate of drug-likeness (QED) is 0.502. The molecule has 9 heteroatoms. The van der Waals surface area contributed by atoms with E-state index in [0.717, 1.165) is 31.6 Å². The number of nitrogens with zero attached hydrogens (tertiary/aromatic N) is 3. The van der Waals surface area contributed by atoms with Gasteiger partial charge in [-0.3, -0.25) is 4.79 Å². The Morgan fingerprint density at radius 3 is 2.87 bits per heavy atom. The van der Waals surface area contributed by atoms with E-state index in [1.165, 1.54) is 23.1 Å². The predicted molar refractivity (Wildman–Crippen MR) is 114 cm³/mol. The lowest BCUT2D eigenvalue weighted by Gasteiger charge is -2.10. The smallest absolute Gasteiger partial charge is 0.252 e. The van der Waals surface area contributed by atoms with Crippen molar-refractivity contribution in [3.8, 4) is 11.5 Å². The minimum absolute atomic E-state index is 0.165. The van der Waals surface area contributed by atoms with E-state index in [2.05, 4.69) is 20.5 Å². The highest BCUT2D eigenvalue weighted by atomic mass is 32.2. The van der Waals surface area contributed by atoms with E-state index in [1.54, 1.807) is 6.07 Å². The minimum atomic E-state index is -0.165. The number of pyridine rings is 1. The van der Waals surface area contributed by atoms with E-state index in [4.69, 9.17) is 9.47 Å². The standard InChI is InChI=1S/C21H16N4O3S2/c1-12-24-25-21(29-12)30-19-9-15(14-4-2-3-5-16(14)23-19)20(26)22-10-13-6-7-17-18(8-13)28-11-27-17/h2-9H,10-11H2,1H3,(H,22,26). The number of carbonyl (C=O) groups is 1. The van der Waals surface area contributed by atoms with Crippen LogP contribution in [-0.4, -0.2) is 27.9 Å². The maximum atomic E-state index is 13.0. The van der Waals surface area contributed by atoms with Gasteiger partial charge in [0.1, 0.15) is 10.0 Å². The van der Waals surface area contributed by atoms with Crippen molar-refractivity contribution >= 4 is 39.9 Å². The zero-order valence-corrected chi connectivity index (χ0v) is 17.5. The van der Waals surface area contributed by atoms with E-state index in [-0.39, 0.29) is 12.7 Å². The molecule has 2 aromatic carbocycles. The summed E-state index contributed by atoms with van der Waals surface area (Å²) in [7, 11) is 0. The van der Waals surface area contributed by atoms with Crippen molar-refractivity contribution in [3.05, 3.63) is 64.7 Å². The molecule has 0 unspecified atom stereocenters.